The zero-order chi connectivity index (χ0) is 23.3. The third kappa shape index (κ3) is 3.45. The average molecular weight is 456 g/mol. The van der Waals surface area contributed by atoms with Gasteiger partial charge in [-0.3, -0.25) is 19.4 Å². The number of halogens is 1. The Morgan fingerprint density at radius 2 is 1.55 bits per heavy atom. The van der Waals surface area contributed by atoms with Crippen LogP contribution in [0.1, 0.15) is 42.3 Å². The molecule has 33 heavy (non-hydrogen) atoms. The fourth-order valence-electron chi connectivity index (χ4n) is 4.02. The quantitative estimate of drug-likeness (QED) is 0.410. The topological polar surface area (TPSA) is 79.4 Å². The normalized spacial score (nSPS) is 12.9. The number of hydrogen-bond donors (Lipinski definition) is 1. The lowest BCUT2D eigenvalue weighted by atomic mass is 10.1. The monoisotopic (exact) mass is 455 g/mol. The van der Waals surface area contributed by atoms with Gasteiger partial charge in [-0.05, 0) is 74.0 Å². The second kappa shape index (κ2) is 7.83. The number of hydrogen-bond acceptors (Lipinski definition) is 4. The van der Waals surface area contributed by atoms with Crippen LogP contribution in [0.5, 0.6) is 0 Å². The number of anilines is 2. The minimum atomic E-state index is -0.374. The molecule has 0 bridgehead atoms. The van der Waals surface area contributed by atoms with Crippen LogP contribution >= 0.6 is 11.6 Å². The van der Waals surface area contributed by atoms with E-state index in [4.69, 9.17) is 11.6 Å². The molecular formula is C26H18ClN3O3. The van der Waals surface area contributed by atoms with E-state index in [9.17, 15) is 14.4 Å². The third-order valence-corrected chi connectivity index (χ3v) is 6.14. The molecule has 0 spiro atoms. The molecule has 0 unspecified atom stereocenters. The molecule has 2 heterocycles. The van der Waals surface area contributed by atoms with Crippen LogP contribution in [-0.2, 0) is 0 Å². The third-order valence-electron chi connectivity index (χ3n) is 5.73. The van der Waals surface area contributed by atoms with E-state index in [1.54, 1.807) is 60.7 Å². The van der Waals surface area contributed by atoms with Crippen molar-refractivity contribution in [2.45, 2.75) is 13.8 Å². The summed E-state index contributed by atoms with van der Waals surface area (Å²) in [6.45, 7) is 3.74. The first-order chi connectivity index (χ1) is 15.8. The van der Waals surface area contributed by atoms with Crippen LogP contribution in [0.4, 0.5) is 11.4 Å². The zero-order valence-corrected chi connectivity index (χ0v) is 18.6. The lowest BCUT2D eigenvalue weighted by molar-refractivity contribution is 0.0925. The molecule has 0 atom stereocenters. The van der Waals surface area contributed by atoms with Crippen molar-refractivity contribution in [1.82, 2.24) is 4.98 Å². The molecule has 1 N–H and O–H groups in total. The molecule has 4 aromatic rings. The maximum absolute atomic E-state index is 13.0. The Bertz CT molecular complexity index is 1440. The van der Waals surface area contributed by atoms with Crippen LogP contribution in [-0.4, -0.2) is 22.7 Å². The van der Waals surface area contributed by atoms with Gasteiger partial charge in [0.25, 0.3) is 17.7 Å². The van der Waals surface area contributed by atoms with Gasteiger partial charge in [0, 0.05) is 21.7 Å². The van der Waals surface area contributed by atoms with Crippen LogP contribution in [0.3, 0.4) is 0 Å². The highest BCUT2D eigenvalue weighted by atomic mass is 35.5. The van der Waals surface area contributed by atoms with Gasteiger partial charge in [0.2, 0.25) is 0 Å². The summed E-state index contributed by atoms with van der Waals surface area (Å²) in [4.78, 5) is 44.0. The molecule has 1 aliphatic rings. The Hall–Kier alpha value is -4.03. The molecule has 1 aromatic heterocycles. The minimum absolute atomic E-state index is 0.316. The molecule has 1 aliphatic heterocycles. The van der Waals surface area contributed by atoms with Crippen LogP contribution in [0, 0.1) is 13.8 Å². The zero-order valence-electron chi connectivity index (χ0n) is 17.8. The van der Waals surface area contributed by atoms with E-state index >= 15 is 0 Å². The molecule has 0 fully saturated rings. The average Bonchev–Trinajstić information content (AvgIpc) is 3.07. The van der Waals surface area contributed by atoms with E-state index < -0.39 is 0 Å². The molecule has 0 radical (unpaired) electrons. The second-order valence-corrected chi connectivity index (χ2v) is 8.28. The number of pyridine rings is 1. The van der Waals surface area contributed by atoms with Crippen molar-refractivity contribution < 1.29 is 14.4 Å². The molecular weight excluding hydrogens is 438 g/mol. The van der Waals surface area contributed by atoms with Crippen LogP contribution in [0.15, 0.2) is 66.7 Å². The highest BCUT2D eigenvalue weighted by Crippen LogP contribution is 2.31. The number of aromatic nitrogens is 1. The van der Waals surface area contributed by atoms with E-state index in [-0.39, 0.29) is 17.7 Å². The van der Waals surface area contributed by atoms with Gasteiger partial charge >= 0.3 is 0 Å². The highest BCUT2D eigenvalue weighted by molar-refractivity contribution is 6.34. The molecule has 0 saturated heterocycles. The van der Waals surface area contributed by atoms with E-state index in [1.165, 1.54) is 0 Å². The van der Waals surface area contributed by atoms with Crippen molar-refractivity contribution in [2.75, 3.05) is 10.2 Å². The largest absolute Gasteiger partial charge is 0.321 e. The molecule has 0 saturated carbocycles. The van der Waals surface area contributed by atoms with E-state index in [0.717, 1.165) is 27.1 Å². The molecule has 3 amide bonds. The van der Waals surface area contributed by atoms with Crippen molar-refractivity contribution in [3.8, 4) is 0 Å². The van der Waals surface area contributed by atoms with Gasteiger partial charge in [-0.15, -0.1) is 0 Å². The number of rotatable bonds is 3. The SMILES string of the molecule is Cc1cc(NC(=O)c2ccc(N3C(=O)c4ccccc4C3=O)cc2)c2ccc(Cl)c(C)c2n1. The van der Waals surface area contributed by atoms with E-state index in [2.05, 4.69) is 10.3 Å². The summed E-state index contributed by atoms with van der Waals surface area (Å²) in [7, 11) is 0. The van der Waals surface area contributed by atoms with Crippen molar-refractivity contribution >= 4 is 51.6 Å². The first kappa shape index (κ1) is 20.8. The summed E-state index contributed by atoms with van der Waals surface area (Å²) < 4.78 is 0. The van der Waals surface area contributed by atoms with Gasteiger partial charge in [-0.1, -0.05) is 23.7 Å². The molecule has 5 rings (SSSR count). The standard InChI is InChI=1S/C26H18ClN3O3/c1-14-13-22(20-11-12-21(27)15(2)23(20)28-14)29-24(31)16-7-9-17(10-8-16)30-25(32)18-5-3-4-6-19(18)26(30)33/h3-13H,1-2H3,(H,28,29,31). The predicted molar refractivity (Wildman–Crippen MR) is 128 cm³/mol. The number of carbonyl (C=O) groups excluding carboxylic acids is 3. The summed E-state index contributed by atoms with van der Waals surface area (Å²) in [5.41, 5.74) is 4.52. The minimum Gasteiger partial charge on any atom is -0.321 e. The summed E-state index contributed by atoms with van der Waals surface area (Å²) in [6.07, 6.45) is 0. The Morgan fingerprint density at radius 3 is 2.18 bits per heavy atom. The number of nitrogens with one attached hydrogen (secondary N) is 1. The molecule has 162 valence electrons. The van der Waals surface area contributed by atoms with Gasteiger partial charge in [-0.25, -0.2) is 4.90 Å². The summed E-state index contributed by atoms with van der Waals surface area (Å²) >= 11 is 6.23. The number of fused-ring (bicyclic) bond motifs is 2. The number of benzene rings is 3. The molecule has 6 nitrogen and oxygen atoms in total. The first-order valence-electron chi connectivity index (χ1n) is 10.3. The number of carbonyl (C=O) groups is 3. The molecule has 3 aromatic carbocycles. The van der Waals surface area contributed by atoms with Crippen molar-refractivity contribution in [3.63, 3.8) is 0 Å². The fourth-order valence-corrected chi connectivity index (χ4v) is 4.17. The Morgan fingerprint density at radius 1 is 0.909 bits per heavy atom. The van der Waals surface area contributed by atoms with Crippen LogP contribution in [0.25, 0.3) is 10.9 Å². The summed E-state index contributed by atoms with van der Waals surface area (Å²) in [5.74, 6) is -1.07. The van der Waals surface area contributed by atoms with Crippen molar-refractivity contribution in [3.05, 3.63) is 99.7 Å². The smallest absolute Gasteiger partial charge is 0.266 e. The van der Waals surface area contributed by atoms with Gasteiger partial charge in [0.05, 0.1) is 28.0 Å². The highest BCUT2D eigenvalue weighted by Gasteiger charge is 2.36. The maximum Gasteiger partial charge on any atom is 0.266 e. The molecule has 7 heteroatoms. The van der Waals surface area contributed by atoms with Gasteiger partial charge in [0.1, 0.15) is 0 Å². The number of amides is 3. The first-order valence-corrected chi connectivity index (χ1v) is 10.7. The lowest BCUT2D eigenvalue weighted by Gasteiger charge is -2.15. The molecule has 0 aliphatic carbocycles. The van der Waals surface area contributed by atoms with Crippen LogP contribution < -0.4 is 10.2 Å². The number of nitrogens with zero attached hydrogens (tertiary/aromatic N) is 2. The van der Waals surface area contributed by atoms with Crippen LogP contribution in [0.2, 0.25) is 5.02 Å². The predicted octanol–water partition coefficient (Wildman–Crippen LogP) is 5.56. The van der Waals surface area contributed by atoms with Gasteiger partial charge < -0.3 is 5.32 Å². The summed E-state index contributed by atoms with van der Waals surface area (Å²) in [5, 5.41) is 4.34. The number of aryl methyl sites for hydroxylation is 2. The van der Waals surface area contributed by atoms with E-state index in [1.807, 2.05) is 19.9 Å². The van der Waals surface area contributed by atoms with Crippen molar-refractivity contribution in [1.29, 1.82) is 0 Å². The second-order valence-electron chi connectivity index (χ2n) is 7.87. The lowest BCUT2D eigenvalue weighted by Crippen LogP contribution is -2.29. The van der Waals surface area contributed by atoms with Crippen molar-refractivity contribution in [2.24, 2.45) is 0 Å². The summed E-state index contributed by atoms with van der Waals surface area (Å²) in [6, 6.07) is 18.5. The Balaban J connectivity index is 1.42. The Kier molecular flexibility index (Phi) is 4.95. The fraction of sp³-hybridized carbons (Fsp3) is 0.0769. The Labute approximate surface area is 194 Å². The van der Waals surface area contributed by atoms with Gasteiger partial charge in [-0.2, -0.15) is 0 Å². The number of imide groups is 1. The maximum atomic E-state index is 13.0. The van der Waals surface area contributed by atoms with Gasteiger partial charge in [0.15, 0.2) is 0 Å². The van der Waals surface area contributed by atoms with E-state index in [0.29, 0.717) is 33.1 Å².